The fourth-order valence-corrected chi connectivity index (χ4v) is 4.73. The van der Waals surface area contributed by atoms with E-state index in [1.165, 1.54) is 4.88 Å². The average molecular weight is 408 g/mol. The summed E-state index contributed by atoms with van der Waals surface area (Å²) in [6.07, 6.45) is 3.85. The zero-order valence-corrected chi connectivity index (χ0v) is 17.3. The fourth-order valence-electron chi connectivity index (χ4n) is 3.40. The van der Waals surface area contributed by atoms with Crippen LogP contribution in [0.2, 0.25) is 0 Å². The summed E-state index contributed by atoms with van der Waals surface area (Å²) in [7, 11) is -3.31. The van der Waals surface area contributed by atoms with Crippen molar-refractivity contribution in [1.29, 1.82) is 0 Å². The molecule has 8 heteroatoms. The Morgan fingerprint density at radius 3 is 2.48 bits per heavy atom. The third kappa shape index (κ3) is 5.60. The van der Waals surface area contributed by atoms with Crippen LogP contribution in [0, 0.1) is 12.8 Å². The van der Waals surface area contributed by atoms with Crippen LogP contribution in [0.3, 0.4) is 0 Å². The van der Waals surface area contributed by atoms with Crippen LogP contribution in [0.4, 0.5) is 5.69 Å². The minimum atomic E-state index is -3.31. The van der Waals surface area contributed by atoms with Gasteiger partial charge in [0.2, 0.25) is 10.0 Å². The first-order valence-corrected chi connectivity index (χ1v) is 11.8. The summed E-state index contributed by atoms with van der Waals surface area (Å²) >= 11 is 1.71. The Bertz CT molecular complexity index is 883. The number of hydrogen-bond donors (Lipinski definition) is 1. The number of hydrogen-bond acceptors (Lipinski definition) is 6. The van der Waals surface area contributed by atoms with Gasteiger partial charge in [-0.1, -0.05) is 0 Å². The summed E-state index contributed by atoms with van der Waals surface area (Å²) in [4.78, 5) is 20.8. The van der Waals surface area contributed by atoms with Crippen LogP contribution < -0.4 is 4.72 Å². The SMILES string of the molecule is Cc1ncsc1CCN1CCC(C(=O)c2ccc(NS(C)(=O)=O)cc2)CC1. The van der Waals surface area contributed by atoms with Crippen LogP contribution in [-0.2, 0) is 16.4 Å². The summed E-state index contributed by atoms with van der Waals surface area (Å²) in [6.45, 7) is 4.92. The van der Waals surface area contributed by atoms with E-state index >= 15 is 0 Å². The first-order valence-electron chi connectivity index (χ1n) is 9.05. The molecular formula is C19H25N3O3S2. The van der Waals surface area contributed by atoms with Gasteiger partial charge < -0.3 is 4.90 Å². The summed E-state index contributed by atoms with van der Waals surface area (Å²) < 4.78 is 24.9. The lowest BCUT2D eigenvalue weighted by Crippen LogP contribution is -2.37. The molecular weight excluding hydrogens is 382 g/mol. The highest BCUT2D eigenvalue weighted by Crippen LogP contribution is 2.23. The summed E-state index contributed by atoms with van der Waals surface area (Å²) in [6, 6.07) is 6.69. The lowest BCUT2D eigenvalue weighted by Gasteiger charge is -2.31. The molecule has 1 saturated heterocycles. The van der Waals surface area contributed by atoms with Crippen molar-refractivity contribution >= 4 is 32.8 Å². The lowest BCUT2D eigenvalue weighted by molar-refractivity contribution is 0.0841. The predicted molar refractivity (Wildman–Crippen MR) is 109 cm³/mol. The number of Topliss-reactive ketones (excluding diaryl/α,β-unsaturated/α-hetero) is 1. The van der Waals surface area contributed by atoms with E-state index in [1.54, 1.807) is 35.6 Å². The number of nitrogens with one attached hydrogen (secondary N) is 1. The molecule has 0 saturated carbocycles. The van der Waals surface area contributed by atoms with Crippen molar-refractivity contribution in [3.8, 4) is 0 Å². The maximum Gasteiger partial charge on any atom is 0.229 e. The summed E-state index contributed by atoms with van der Waals surface area (Å²) in [5, 5.41) is 0. The molecule has 1 aromatic carbocycles. The molecule has 0 unspecified atom stereocenters. The molecule has 0 atom stereocenters. The van der Waals surface area contributed by atoms with E-state index in [4.69, 9.17) is 0 Å². The highest BCUT2D eigenvalue weighted by atomic mass is 32.2. The summed E-state index contributed by atoms with van der Waals surface area (Å²) in [5.74, 6) is 0.193. The molecule has 3 rings (SSSR count). The molecule has 2 heterocycles. The largest absolute Gasteiger partial charge is 0.303 e. The molecule has 1 aliphatic rings. The van der Waals surface area contributed by atoms with Crippen molar-refractivity contribution in [3.05, 3.63) is 45.9 Å². The Morgan fingerprint density at radius 1 is 1.26 bits per heavy atom. The highest BCUT2D eigenvalue weighted by molar-refractivity contribution is 7.92. The second-order valence-electron chi connectivity index (χ2n) is 7.04. The van der Waals surface area contributed by atoms with Gasteiger partial charge in [-0.05, 0) is 63.5 Å². The maximum atomic E-state index is 12.7. The molecule has 1 aromatic heterocycles. The van der Waals surface area contributed by atoms with Gasteiger partial charge in [-0.25, -0.2) is 13.4 Å². The van der Waals surface area contributed by atoms with E-state index < -0.39 is 10.0 Å². The van der Waals surface area contributed by atoms with E-state index in [1.807, 2.05) is 12.4 Å². The Balaban J connectivity index is 1.50. The van der Waals surface area contributed by atoms with Gasteiger partial charge in [0.1, 0.15) is 0 Å². The van der Waals surface area contributed by atoms with Crippen LogP contribution >= 0.6 is 11.3 Å². The number of rotatable bonds is 7. The molecule has 27 heavy (non-hydrogen) atoms. The second-order valence-corrected chi connectivity index (χ2v) is 9.73. The van der Waals surface area contributed by atoms with E-state index in [-0.39, 0.29) is 11.7 Å². The molecule has 0 aliphatic carbocycles. The fraction of sp³-hybridized carbons (Fsp3) is 0.474. The Labute approximate surface area is 164 Å². The highest BCUT2D eigenvalue weighted by Gasteiger charge is 2.25. The van der Waals surface area contributed by atoms with Crippen molar-refractivity contribution in [2.75, 3.05) is 30.6 Å². The smallest absolute Gasteiger partial charge is 0.229 e. The van der Waals surface area contributed by atoms with E-state index in [0.29, 0.717) is 11.3 Å². The van der Waals surface area contributed by atoms with Gasteiger partial charge in [-0.2, -0.15) is 0 Å². The lowest BCUT2D eigenvalue weighted by atomic mass is 9.89. The minimum Gasteiger partial charge on any atom is -0.303 e. The first kappa shape index (κ1) is 20.0. The molecule has 0 spiro atoms. The normalized spacial score (nSPS) is 16.4. The number of thiazole rings is 1. The summed E-state index contributed by atoms with van der Waals surface area (Å²) in [5.41, 5.74) is 4.14. The van der Waals surface area contributed by atoms with E-state index in [0.717, 1.165) is 50.8 Å². The number of sulfonamides is 1. The molecule has 0 radical (unpaired) electrons. The van der Waals surface area contributed by atoms with Crippen molar-refractivity contribution < 1.29 is 13.2 Å². The second kappa shape index (κ2) is 8.50. The van der Waals surface area contributed by atoms with E-state index in [2.05, 4.69) is 14.6 Å². The van der Waals surface area contributed by atoms with Gasteiger partial charge in [0, 0.05) is 28.6 Å². The van der Waals surface area contributed by atoms with Gasteiger partial charge in [-0.15, -0.1) is 11.3 Å². The van der Waals surface area contributed by atoms with Crippen molar-refractivity contribution in [1.82, 2.24) is 9.88 Å². The number of likely N-dealkylation sites (tertiary alicyclic amines) is 1. The number of nitrogens with zero attached hydrogens (tertiary/aromatic N) is 2. The predicted octanol–water partition coefficient (Wildman–Crippen LogP) is 2.96. The number of piperidine rings is 1. The molecule has 1 aliphatic heterocycles. The molecule has 0 bridgehead atoms. The van der Waals surface area contributed by atoms with Crippen LogP contribution in [0.1, 0.15) is 33.8 Å². The minimum absolute atomic E-state index is 0.0418. The molecule has 6 nitrogen and oxygen atoms in total. The Morgan fingerprint density at radius 2 is 1.93 bits per heavy atom. The van der Waals surface area contributed by atoms with Crippen LogP contribution in [0.5, 0.6) is 0 Å². The van der Waals surface area contributed by atoms with Gasteiger partial charge in [0.15, 0.2) is 5.78 Å². The number of benzene rings is 1. The molecule has 1 fully saturated rings. The molecule has 146 valence electrons. The Kier molecular flexibility index (Phi) is 6.29. The topological polar surface area (TPSA) is 79.4 Å². The van der Waals surface area contributed by atoms with Crippen LogP contribution in [0.15, 0.2) is 29.8 Å². The van der Waals surface area contributed by atoms with Crippen molar-refractivity contribution in [3.63, 3.8) is 0 Å². The number of ketones is 1. The van der Waals surface area contributed by atoms with Crippen molar-refractivity contribution in [2.45, 2.75) is 26.2 Å². The number of carbonyl (C=O) groups excluding carboxylic acids is 1. The molecule has 1 N–H and O–H groups in total. The number of carbonyl (C=O) groups is 1. The molecule has 0 amide bonds. The average Bonchev–Trinajstić information content (AvgIpc) is 3.04. The first-order chi connectivity index (χ1) is 12.8. The van der Waals surface area contributed by atoms with Crippen LogP contribution in [-0.4, -0.2) is 50.0 Å². The molecule has 2 aromatic rings. The third-order valence-electron chi connectivity index (χ3n) is 4.93. The van der Waals surface area contributed by atoms with Crippen LogP contribution in [0.25, 0.3) is 0 Å². The zero-order valence-electron chi connectivity index (χ0n) is 15.6. The monoisotopic (exact) mass is 407 g/mol. The third-order valence-corrected chi connectivity index (χ3v) is 6.53. The van der Waals surface area contributed by atoms with Gasteiger partial charge in [0.25, 0.3) is 0 Å². The quantitative estimate of drug-likeness (QED) is 0.714. The Hall–Kier alpha value is -1.77. The van der Waals surface area contributed by atoms with Crippen molar-refractivity contribution in [2.24, 2.45) is 5.92 Å². The number of aromatic nitrogens is 1. The van der Waals surface area contributed by atoms with Gasteiger partial charge in [-0.3, -0.25) is 9.52 Å². The maximum absolute atomic E-state index is 12.7. The number of anilines is 1. The zero-order chi connectivity index (χ0) is 19.4. The van der Waals surface area contributed by atoms with Gasteiger partial charge in [0.05, 0.1) is 17.5 Å². The van der Waals surface area contributed by atoms with E-state index in [9.17, 15) is 13.2 Å². The van der Waals surface area contributed by atoms with Gasteiger partial charge >= 0.3 is 0 Å². The number of aryl methyl sites for hydroxylation is 1. The standard InChI is InChI=1S/C19H25N3O3S2/c1-14-18(26-13-20-14)9-12-22-10-7-16(8-11-22)19(23)15-3-5-17(6-4-15)21-27(2,24)25/h3-6,13,16,21H,7-12H2,1-2H3.